The Morgan fingerprint density at radius 2 is 1.85 bits per heavy atom. The van der Waals surface area contributed by atoms with Gasteiger partial charge in [-0.05, 0) is 68.4 Å². The molecule has 1 amide bonds. The first kappa shape index (κ1) is 22.1. The first-order valence-electron chi connectivity index (χ1n) is 11.8. The number of rotatable bonds is 5. The first-order chi connectivity index (χ1) is 16.1. The molecule has 0 unspecified atom stereocenters. The van der Waals surface area contributed by atoms with Gasteiger partial charge in [-0.1, -0.05) is 23.4 Å². The number of amides is 1. The first-order valence-corrected chi connectivity index (χ1v) is 12.7. The molecule has 33 heavy (non-hydrogen) atoms. The minimum atomic E-state index is 0.123. The van der Waals surface area contributed by atoms with E-state index in [9.17, 15) is 4.79 Å². The van der Waals surface area contributed by atoms with E-state index < -0.39 is 0 Å². The predicted octanol–water partition coefficient (Wildman–Crippen LogP) is 3.98. The molecule has 3 aromatic rings. The highest BCUT2D eigenvalue weighted by Gasteiger charge is 2.31. The van der Waals surface area contributed by atoms with Gasteiger partial charge in [0, 0.05) is 37.8 Å². The summed E-state index contributed by atoms with van der Waals surface area (Å²) in [6.07, 6.45) is 1.78. The fourth-order valence-electron chi connectivity index (χ4n) is 4.86. The van der Waals surface area contributed by atoms with Crippen LogP contribution in [0.1, 0.15) is 29.9 Å². The molecule has 2 aliphatic heterocycles. The van der Waals surface area contributed by atoms with E-state index in [0.29, 0.717) is 24.2 Å². The number of anilines is 1. The predicted molar refractivity (Wildman–Crippen MR) is 130 cm³/mol. The molecule has 174 valence electrons. The number of likely N-dealkylation sites (tertiary alicyclic amines) is 1. The molecular weight excluding hydrogens is 434 g/mol. The highest BCUT2D eigenvalue weighted by molar-refractivity contribution is 7.13. The largest absolute Gasteiger partial charge is 0.368 e. The molecule has 0 N–H and O–H groups in total. The van der Waals surface area contributed by atoms with E-state index in [4.69, 9.17) is 4.52 Å². The number of piperidine rings is 1. The molecule has 0 radical (unpaired) electrons. The van der Waals surface area contributed by atoms with Gasteiger partial charge >= 0.3 is 0 Å². The number of hydrogen-bond acceptors (Lipinski definition) is 7. The Morgan fingerprint density at radius 3 is 2.58 bits per heavy atom. The van der Waals surface area contributed by atoms with Crippen LogP contribution in [0.4, 0.5) is 5.69 Å². The highest BCUT2D eigenvalue weighted by Crippen LogP contribution is 2.26. The molecule has 0 saturated carbocycles. The third-order valence-electron chi connectivity index (χ3n) is 7.01. The van der Waals surface area contributed by atoms with Crippen molar-refractivity contribution in [1.82, 2.24) is 19.9 Å². The molecular formula is C25H31N5O2S. The maximum atomic E-state index is 13.2. The molecule has 0 bridgehead atoms. The number of piperazine rings is 1. The Balaban J connectivity index is 1.10. The van der Waals surface area contributed by atoms with Crippen LogP contribution in [-0.2, 0) is 11.3 Å². The molecule has 2 saturated heterocycles. The molecule has 0 aliphatic carbocycles. The highest BCUT2D eigenvalue weighted by atomic mass is 32.1. The van der Waals surface area contributed by atoms with E-state index in [0.717, 1.165) is 57.0 Å². The van der Waals surface area contributed by atoms with Crippen LogP contribution < -0.4 is 4.90 Å². The smallest absolute Gasteiger partial charge is 0.241 e. The van der Waals surface area contributed by atoms with Crippen LogP contribution in [0.2, 0.25) is 0 Å². The second kappa shape index (κ2) is 9.65. The molecule has 2 aliphatic rings. The average molecular weight is 466 g/mol. The van der Waals surface area contributed by atoms with Crippen molar-refractivity contribution >= 4 is 22.9 Å². The number of carbonyl (C=O) groups is 1. The zero-order chi connectivity index (χ0) is 22.8. The van der Waals surface area contributed by atoms with E-state index in [1.54, 1.807) is 11.3 Å². The van der Waals surface area contributed by atoms with Gasteiger partial charge in [0.25, 0.3) is 0 Å². The second-order valence-corrected chi connectivity index (χ2v) is 10.0. The molecule has 4 heterocycles. The van der Waals surface area contributed by atoms with Gasteiger partial charge in [0.1, 0.15) is 0 Å². The Hall–Kier alpha value is -2.71. The summed E-state index contributed by atoms with van der Waals surface area (Å²) >= 11 is 1.61. The lowest BCUT2D eigenvalue weighted by Gasteiger charge is -2.39. The molecule has 0 spiro atoms. The zero-order valence-corrected chi connectivity index (χ0v) is 20.2. The van der Waals surface area contributed by atoms with E-state index >= 15 is 0 Å². The van der Waals surface area contributed by atoms with Crippen LogP contribution in [0.3, 0.4) is 0 Å². The summed E-state index contributed by atoms with van der Waals surface area (Å²) in [5.41, 5.74) is 3.97. The van der Waals surface area contributed by atoms with Crippen molar-refractivity contribution in [2.24, 2.45) is 5.92 Å². The summed E-state index contributed by atoms with van der Waals surface area (Å²) in [7, 11) is 0. The van der Waals surface area contributed by atoms with E-state index in [1.165, 1.54) is 16.8 Å². The monoisotopic (exact) mass is 465 g/mol. The standard InChI is InChI=1S/C25H31N5O2S/c1-18-5-3-6-21(19(18)2)29-12-14-30(15-13-29)25(31)20-8-10-28(11-9-20)17-23-26-24(27-32-23)22-7-4-16-33-22/h3-7,16,20H,8-15,17H2,1-2H3. The molecule has 5 rings (SSSR count). The molecule has 7 nitrogen and oxygen atoms in total. The van der Waals surface area contributed by atoms with Gasteiger partial charge in [0.2, 0.25) is 17.6 Å². The van der Waals surface area contributed by atoms with E-state index in [-0.39, 0.29) is 5.92 Å². The summed E-state index contributed by atoms with van der Waals surface area (Å²) in [5, 5.41) is 6.11. The zero-order valence-electron chi connectivity index (χ0n) is 19.4. The van der Waals surface area contributed by atoms with Crippen LogP contribution in [-0.4, -0.2) is 65.1 Å². The lowest BCUT2D eigenvalue weighted by Crippen LogP contribution is -2.51. The van der Waals surface area contributed by atoms with Crippen molar-refractivity contribution in [3.05, 3.63) is 52.7 Å². The number of aromatic nitrogens is 2. The van der Waals surface area contributed by atoms with Gasteiger partial charge < -0.3 is 14.3 Å². The van der Waals surface area contributed by atoms with Crippen LogP contribution in [0.25, 0.3) is 10.7 Å². The second-order valence-electron chi connectivity index (χ2n) is 9.07. The fourth-order valence-corrected chi connectivity index (χ4v) is 5.51. The topological polar surface area (TPSA) is 65.7 Å². The van der Waals surface area contributed by atoms with E-state index in [2.05, 4.69) is 56.9 Å². The van der Waals surface area contributed by atoms with Crippen molar-refractivity contribution in [2.75, 3.05) is 44.2 Å². The molecule has 0 atom stereocenters. The number of aryl methyl sites for hydroxylation is 1. The van der Waals surface area contributed by atoms with Crippen LogP contribution >= 0.6 is 11.3 Å². The minimum Gasteiger partial charge on any atom is -0.368 e. The Kier molecular flexibility index (Phi) is 6.46. The maximum absolute atomic E-state index is 13.2. The number of carbonyl (C=O) groups excluding carboxylic acids is 1. The normalized spacial score (nSPS) is 18.1. The molecule has 8 heteroatoms. The lowest BCUT2D eigenvalue weighted by molar-refractivity contribution is -0.137. The number of nitrogens with zero attached hydrogens (tertiary/aromatic N) is 5. The quantitative estimate of drug-likeness (QED) is 0.568. The van der Waals surface area contributed by atoms with Gasteiger partial charge in [-0.25, -0.2) is 0 Å². The number of hydrogen-bond donors (Lipinski definition) is 0. The number of thiophene rings is 1. The summed E-state index contributed by atoms with van der Waals surface area (Å²) in [6.45, 7) is 10.2. The van der Waals surface area contributed by atoms with Crippen molar-refractivity contribution in [1.29, 1.82) is 0 Å². The third kappa shape index (κ3) is 4.82. The summed E-state index contributed by atoms with van der Waals surface area (Å²) in [4.78, 5) is 25.5. The Labute approximate surface area is 199 Å². The third-order valence-corrected chi connectivity index (χ3v) is 7.88. The fraction of sp³-hybridized carbons (Fsp3) is 0.480. The summed E-state index contributed by atoms with van der Waals surface area (Å²) in [5.74, 6) is 1.75. The number of benzene rings is 1. The molecule has 1 aromatic carbocycles. The molecule has 2 aromatic heterocycles. The average Bonchev–Trinajstić information content (AvgIpc) is 3.53. The lowest BCUT2D eigenvalue weighted by atomic mass is 9.95. The van der Waals surface area contributed by atoms with Crippen molar-refractivity contribution in [3.8, 4) is 10.7 Å². The van der Waals surface area contributed by atoms with Gasteiger partial charge in [0.05, 0.1) is 11.4 Å². The van der Waals surface area contributed by atoms with Gasteiger partial charge in [-0.15, -0.1) is 11.3 Å². The van der Waals surface area contributed by atoms with Crippen molar-refractivity contribution < 1.29 is 9.32 Å². The van der Waals surface area contributed by atoms with Gasteiger partial charge in [-0.2, -0.15) is 4.98 Å². The van der Waals surface area contributed by atoms with Crippen LogP contribution in [0.15, 0.2) is 40.2 Å². The van der Waals surface area contributed by atoms with Gasteiger partial charge in [0.15, 0.2) is 0 Å². The van der Waals surface area contributed by atoms with Crippen molar-refractivity contribution in [2.45, 2.75) is 33.2 Å². The maximum Gasteiger partial charge on any atom is 0.241 e. The van der Waals surface area contributed by atoms with E-state index in [1.807, 2.05) is 17.5 Å². The van der Waals surface area contributed by atoms with Crippen molar-refractivity contribution in [3.63, 3.8) is 0 Å². The van der Waals surface area contributed by atoms with Crippen LogP contribution in [0, 0.1) is 19.8 Å². The van der Waals surface area contributed by atoms with Crippen LogP contribution in [0.5, 0.6) is 0 Å². The summed E-state index contributed by atoms with van der Waals surface area (Å²) in [6, 6.07) is 10.5. The Morgan fingerprint density at radius 1 is 1.06 bits per heavy atom. The Bertz CT molecular complexity index is 1080. The minimum absolute atomic E-state index is 0.123. The SMILES string of the molecule is Cc1cccc(N2CCN(C(=O)C3CCN(Cc4nc(-c5cccs5)no4)CC3)CC2)c1C. The molecule has 2 fully saturated rings. The summed E-state index contributed by atoms with van der Waals surface area (Å²) < 4.78 is 5.45. The van der Waals surface area contributed by atoms with Gasteiger partial charge in [-0.3, -0.25) is 9.69 Å².